The Hall–Kier alpha value is -2.16. The third-order valence-electron chi connectivity index (χ3n) is 2.87. The largest absolute Gasteiger partial charge is 0.308 e. The fraction of sp³-hybridized carbons (Fsp3) is 0.188. The average Bonchev–Trinajstić information content (AvgIpc) is 2.46. The minimum Gasteiger partial charge on any atom is -0.308 e. The molecule has 0 aliphatic heterocycles. The smallest absolute Gasteiger partial charge is 0.258 e. The maximum Gasteiger partial charge on any atom is 0.258 e. The Morgan fingerprint density at radius 2 is 1.79 bits per heavy atom. The van der Waals surface area contributed by atoms with Gasteiger partial charge in [-0.25, -0.2) is 0 Å². The van der Waals surface area contributed by atoms with Crippen molar-refractivity contribution in [2.45, 2.75) is 13.3 Å². The van der Waals surface area contributed by atoms with Crippen LogP contribution in [0.3, 0.4) is 0 Å². The molecule has 3 nitrogen and oxygen atoms in total. The summed E-state index contributed by atoms with van der Waals surface area (Å²) in [5.41, 5.74) is 2.46. The fourth-order valence-electron chi connectivity index (χ4n) is 1.90. The number of carbonyl (C=O) groups excluding carboxylic acids is 1. The van der Waals surface area contributed by atoms with Crippen LogP contribution in [0.25, 0.3) is 0 Å². The van der Waals surface area contributed by atoms with Gasteiger partial charge in [0.05, 0.1) is 0 Å². The Balaban J connectivity index is 2.29. The second kappa shape index (κ2) is 6.14. The highest BCUT2D eigenvalue weighted by atomic mass is 16.2. The van der Waals surface area contributed by atoms with Crippen molar-refractivity contribution < 1.29 is 4.79 Å². The van der Waals surface area contributed by atoms with Gasteiger partial charge < -0.3 is 4.90 Å². The highest BCUT2D eigenvalue weighted by molar-refractivity contribution is 6.06. The van der Waals surface area contributed by atoms with E-state index in [2.05, 4.69) is 18.8 Å². The summed E-state index contributed by atoms with van der Waals surface area (Å²) in [4.78, 5) is 18.3. The molecule has 0 N–H and O–H groups in total. The van der Waals surface area contributed by atoms with Crippen LogP contribution in [0.2, 0.25) is 0 Å². The number of anilines is 1. The van der Waals surface area contributed by atoms with Gasteiger partial charge in [0.15, 0.2) is 0 Å². The van der Waals surface area contributed by atoms with Crippen molar-refractivity contribution in [1.82, 2.24) is 4.98 Å². The van der Waals surface area contributed by atoms with Crippen LogP contribution in [0, 0.1) is 6.92 Å². The van der Waals surface area contributed by atoms with Gasteiger partial charge in [-0.05, 0) is 43.2 Å². The van der Waals surface area contributed by atoms with E-state index in [-0.39, 0.29) is 5.91 Å². The summed E-state index contributed by atoms with van der Waals surface area (Å²) in [5, 5.41) is 0. The van der Waals surface area contributed by atoms with Crippen LogP contribution in [0.5, 0.6) is 0 Å². The SMILES string of the molecule is [CH2]c1ccc(C(=O)N(CCC)c2ccncc2)cc1. The van der Waals surface area contributed by atoms with Crippen LogP contribution in [0.4, 0.5) is 5.69 Å². The highest BCUT2D eigenvalue weighted by Crippen LogP contribution is 2.17. The van der Waals surface area contributed by atoms with Crippen LogP contribution in [-0.2, 0) is 0 Å². The number of pyridine rings is 1. The minimum absolute atomic E-state index is 0.00745. The zero-order valence-corrected chi connectivity index (χ0v) is 11.0. The standard InChI is InChI=1S/C16H17N2O/c1-3-12-18(15-8-10-17-11-9-15)16(19)14-6-4-13(2)5-7-14/h4-11H,2-3,12H2,1H3. The van der Waals surface area contributed by atoms with Crippen molar-refractivity contribution in [3.05, 3.63) is 66.8 Å². The fourth-order valence-corrected chi connectivity index (χ4v) is 1.90. The molecule has 0 unspecified atom stereocenters. The first kappa shape index (κ1) is 13.3. The molecule has 1 aromatic carbocycles. The molecule has 0 aliphatic carbocycles. The molecule has 1 radical (unpaired) electrons. The van der Waals surface area contributed by atoms with Crippen LogP contribution in [0.15, 0.2) is 48.8 Å². The number of aromatic nitrogens is 1. The summed E-state index contributed by atoms with van der Waals surface area (Å²) in [6, 6.07) is 11.0. The Morgan fingerprint density at radius 3 is 2.37 bits per heavy atom. The minimum atomic E-state index is 0.00745. The number of rotatable bonds is 4. The van der Waals surface area contributed by atoms with Crippen molar-refractivity contribution >= 4 is 11.6 Å². The predicted octanol–water partition coefficient (Wildman–Crippen LogP) is 3.32. The lowest BCUT2D eigenvalue weighted by molar-refractivity contribution is 0.0987. The zero-order valence-electron chi connectivity index (χ0n) is 11.0. The molecule has 3 heteroatoms. The molecular formula is C16H17N2O. The monoisotopic (exact) mass is 253 g/mol. The first-order valence-electron chi connectivity index (χ1n) is 6.36. The van der Waals surface area contributed by atoms with Crippen molar-refractivity contribution in [2.75, 3.05) is 11.4 Å². The van der Waals surface area contributed by atoms with E-state index >= 15 is 0 Å². The first-order chi connectivity index (χ1) is 9.22. The molecule has 1 heterocycles. The Labute approximate surface area is 113 Å². The maximum absolute atomic E-state index is 12.5. The Morgan fingerprint density at radius 1 is 1.16 bits per heavy atom. The van der Waals surface area contributed by atoms with E-state index in [4.69, 9.17) is 0 Å². The van der Waals surface area contributed by atoms with Gasteiger partial charge in [0.25, 0.3) is 5.91 Å². The Bertz CT molecular complexity index is 534. The van der Waals surface area contributed by atoms with Gasteiger partial charge in [-0.2, -0.15) is 0 Å². The van der Waals surface area contributed by atoms with Crippen molar-refractivity contribution in [3.8, 4) is 0 Å². The number of hydrogen-bond donors (Lipinski definition) is 0. The van der Waals surface area contributed by atoms with E-state index < -0.39 is 0 Å². The van der Waals surface area contributed by atoms with Gasteiger partial charge in [0.1, 0.15) is 0 Å². The molecule has 0 aliphatic rings. The summed E-state index contributed by atoms with van der Waals surface area (Å²) >= 11 is 0. The quantitative estimate of drug-likeness (QED) is 0.837. The molecule has 1 aromatic heterocycles. The third-order valence-corrected chi connectivity index (χ3v) is 2.87. The second-order valence-corrected chi connectivity index (χ2v) is 4.36. The summed E-state index contributed by atoms with van der Waals surface area (Å²) in [5.74, 6) is 0.00745. The van der Waals surface area contributed by atoms with E-state index in [1.165, 1.54) is 0 Å². The number of benzene rings is 1. The molecule has 0 saturated heterocycles. The number of nitrogens with zero attached hydrogens (tertiary/aromatic N) is 2. The summed E-state index contributed by atoms with van der Waals surface area (Å²) in [6.07, 6.45) is 4.30. The molecule has 0 spiro atoms. The molecule has 0 saturated carbocycles. The lowest BCUT2D eigenvalue weighted by Crippen LogP contribution is -2.31. The zero-order chi connectivity index (χ0) is 13.7. The van der Waals surface area contributed by atoms with Gasteiger partial charge >= 0.3 is 0 Å². The van der Waals surface area contributed by atoms with Crippen molar-refractivity contribution in [3.63, 3.8) is 0 Å². The topological polar surface area (TPSA) is 33.2 Å². The maximum atomic E-state index is 12.5. The number of amides is 1. The molecule has 2 rings (SSSR count). The van der Waals surface area contributed by atoms with Crippen molar-refractivity contribution in [2.24, 2.45) is 0 Å². The molecule has 0 fully saturated rings. The van der Waals surface area contributed by atoms with Crippen LogP contribution >= 0.6 is 0 Å². The van der Waals surface area contributed by atoms with E-state index in [1.807, 2.05) is 36.4 Å². The molecular weight excluding hydrogens is 236 g/mol. The summed E-state index contributed by atoms with van der Waals surface area (Å²) < 4.78 is 0. The molecule has 19 heavy (non-hydrogen) atoms. The third kappa shape index (κ3) is 3.19. The van der Waals surface area contributed by atoms with E-state index in [0.29, 0.717) is 12.1 Å². The van der Waals surface area contributed by atoms with Crippen LogP contribution in [0.1, 0.15) is 29.3 Å². The van der Waals surface area contributed by atoms with Crippen LogP contribution in [-0.4, -0.2) is 17.4 Å². The molecule has 0 atom stereocenters. The van der Waals surface area contributed by atoms with Gasteiger partial charge in [0.2, 0.25) is 0 Å². The number of carbonyl (C=O) groups is 1. The Kier molecular flexibility index (Phi) is 4.29. The normalized spacial score (nSPS) is 10.2. The summed E-state index contributed by atoms with van der Waals surface area (Å²) in [6.45, 7) is 6.57. The van der Waals surface area contributed by atoms with E-state index in [9.17, 15) is 4.79 Å². The van der Waals surface area contributed by atoms with Crippen LogP contribution < -0.4 is 4.90 Å². The average molecular weight is 253 g/mol. The summed E-state index contributed by atoms with van der Waals surface area (Å²) in [7, 11) is 0. The van der Waals surface area contributed by atoms with Gasteiger partial charge in [-0.15, -0.1) is 0 Å². The van der Waals surface area contributed by atoms with Gasteiger partial charge in [-0.3, -0.25) is 9.78 Å². The molecule has 1 amide bonds. The lowest BCUT2D eigenvalue weighted by atomic mass is 10.1. The van der Waals surface area contributed by atoms with Gasteiger partial charge in [-0.1, -0.05) is 19.1 Å². The van der Waals surface area contributed by atoms with E-state index in [0.717, 1.165) is 17.7 Å². The van der Waals surface area contributed by atoms with E-state index in [1.54, 1.807) is 17.3 Å². The predicted molar refractivity (Wildman–Crippen MR) is 77.1 cm³/mol. The van der Waals surface area contributed by atoms with Gasteiger partial charge in [0, 0.05) is 30.2 Å². The number of hydrogen-bond acceptors (Lipinski definition) is 2. The molecule has 0 bridgehead atoms. The lowest BCUT2D eigenvalue weighted by Gasteiger charge is -2.22. The first-order valence-corrected chi connectivity index (χ1v) is 6.36. The molecule has 97 valence electrons. The highest BCUT2D eigenvalue weighted by Gasteiger charge is 2.16. The molecule has 2 aromatic rings. The second-order valence-electron chi connectivity index (χ2n) is 4.36. The van der Waals surface area contributed by atoms with Crippen molar-refractivity contribution in [1.29, 1.82) is 0 Å².